The highest BCUT2D eigenvalue weighted by molar-refractivity contribution is 5.73. The van der Waals surface area contributed by atoms with Gasteiger partial charge in [-0.2, -0.15) is 0 Å². The highest BCUT2D eigenvalue weighted by atomic mass is 16.7. The molecule has 7 saturated carbocycles. The van der Waals surface area contributed by atoms with Crippen molar-refractivity contribution < 1.29 is 47.6 Å². The summed E-state index contributed by atoms with van der Waals surface area (Å²) in [5.41, 5.74) is 1.72. The van der Waals surface area contributed by atoms with Gasteiger partial charge < -0.3 is 28.4 Å². The topological polar surface area (TPSA) is 127 Å². The fourth-order valence-corrected chi connectivity index (χ4v) is 13.5. The Bertz CT molecular complexity index is 1490. The lowest BCUT2D eigenvalue weighted by Crippen LogP contribution is -2.52. The lowest BCUT2D eigenvalue weighted by Gasteiger charge is -2.49. The van der Waals surface area contributed by atoms with Crippen LogP contribution in [-0.2, 0) is 42.8 Å². The predicted molar refractivity (Wildman–Crippen MR) is 250 cm³/mol. The molecule has 0 aromatic carbocycles. The molecule has 7 aliphatic rings. The van der Waals surface area contributed by atoms with Gasteiger partial charge in [0, 0.05) is 32.2 Å². The van der Waals surface area contributed by atoms with Crippen molar-refractivity contribution in [2.45, 2.75) is 243 Å². The first-order valence-corrected chi connectivity index (χ1v) is 26.9. The SMILES string of the molecule is COC1CCC(C(=CC2CCC(N(C3CCC(C)CC3)C3CCC(C)CC3)CC2)C2CCC(OC(=O)OC3CCC(C(=O)OCCOC(=O)C4CCC(OC(C)=O)CC4)CC3)CC2)CC1. The van der Waals surface area contributed by atoms with Gasteiger partial charge in [-0.25, -0.2) is 4.79 Å². The van der Waals surface area contributed by atoms with Gasteiger partial charge in [-0.3, -0.25) is 19.3 Å². The van der Waals surface area contributed by atoms with Crippen LogP contribution in [0.15, 0.2) is 11.6 Å². The molecule has 0 bridgehead atoms. The molecule has 0 aromatic heterocycles. The highest BCUT2D eigenvalue weighted by Gasteiger charge is 2.39. The maximum absolute atomic E-state index is 13.1. The van der Waals surface area contributed by atoms with Crippen molar-refractivity contribution in [2.75, 3.05) is 20.3 Å². The second-order valence-corrected chi connectivity index (χ2v) is 22.1. The Morgan fingerprint density at radius 1 is 0.446 bits per heavy atom. The van der Waals surface area contributed by atoms with E-state index in [0.29, 0.717) is 75.2 Å². The molecule has 0 spiro atoms. The van der Waals surface area contributed by atoms with Crippen LogP contribution in [-0.4, -0.2) is 91.8 Å². The molecule has 0 aromatic rings. The van der Waals surface area contributed by atoms with Gasteiger partial charge in [-0.15, -0.1) is 0 Å². The molecule has 7 aliphatic carbocycles. The largest absolute Gasteiger partial charge is 0.508 e. The van der Waals surface area contributed by atoms with Crippen LogP contribution in [0.4, 0.5) is 4.79 Å². The lowest BCUT2D eigenvalue weighted by atomic mass is 9.70. The number of methoxy groups -OCH3 is 1. The Labute approximate surface area is 391 Å². The van der Waals surface area contributed by atoms with Crippen LogP contribution < -0.4 is 0 Å². The molecule has 368 valence electrons. The maximum atomic E-state index is 13.1. The van der Waals surface area contributed by atoms with E-state index in [4.69, 9.17) is 28.4 Å². The molecular formula is C54H87NO10. The van der Waals surface area contributed by atoms with Crippen LogP contribution in [0.3, 0.4) is 0 Å². The highest BCUT2D eigenvalue weighted by Crippen LogP contribution is 2.44. The minimum absolute atomic E-state index is 0.0180. The minimum atomic E-state index is -0.578. The van der Waals surface area contributed by atoms with E-state index in [-0.39, 0.29) is 61.3 Å². The molecule has 0 saturated heterocycles. The zero-order valence-corrected chi connectivity index (χ0v) is 40.9. The Morgan fingerprint density at radius 3 is 1.18 bits per heavy atom. The normalized spacial score (nSPS) is 37.4. The molecule has 0 aliphatic heterocycles. The summed E-state index contributed by atoms with van der Waals surface area (Å²) in [5, 5.41) is 0. The number of carbonyl (C=O) groups excluding carboxylic acids is 4. The van der Waals surface area contributed by atoms with Gasteiger partial charge in [0.05, 0.1) is 17.9 Å². The number of carbonyl (C=O) groups is 4. The third-order valence-electron chi connectivity index (χ3n) is 17.5. The van der Waals surface area contributed by atoms with Crippen LogP contribution in [0.2, 0.25) is 0 Å². The third-order valence-corrected chi connectivity index (χ3v) is 17.5. The van der Waals surface area contributed by atoms with Gasteiger partial charge in [-0.05, 0) is 209 Å². The first kappa shape index (κ1) is 50.2. The molecule has 0 unspecified atom stereocenters. The van der Waals surface area contributed by atoms with Gasteiger partial charge in [0.25, 0.3) is 0 Å². The van der Waals surface area contributed by atoms with Crippen molar-refractivity contribution in [3.05, 3.63) is 11.6 Å². The summed E-state index contributed by atoms with van der Waals surface area (Å²) in [6.07, 6.45) is 32.1. The van der Waals surface area contributed by atoms with Gasteiger partial charge in [0.2, 0.25) is 0 Å². The Balaban J connectivity index is 0.823. The number of esters is 3. The zero-order chi connectivity index (χ0) is 45.7. The van der Waals surface area contributed by atoms with Crippen molar-refractivity contribution >= 4 is 24.1 Å². The molecule has 0 atom stereocenters. The average molecular weight is 910 g/mol. The standard InChI is InChI=1S/C54H87NO10/c1-36-5-19-44(20-6-36)55(45-21-7-37(2)8-22-45)46-23-9-39(10-24-46)35-51(40-11-25-47(60-4)26-12-40)41-13-27-49(28-14-41)64-54(59)65-50-31-17-43(18-32-50)53(58)62-34-33-61-52(57)42-15-29-48(30-16-42)63-38(3)56/h35-37,39-50H,5-34H2,1-4H3. The first-order chi connectivity index (χ1) is 31.5. The van der Waals surface area contributed by atoms with Crippen LogP contribution >= 0.6 is 0 Å². The smallest absolute Gasteiger partial charge is 0.463 e. The van der Waals surface area contributed by atoms with E-state index in [9.17, 15) is 19.2 Å². The minimum Gasteiger partial charge on any atom is -0.463 e. The van der Waals surface area contributed by atoms with Crippen molar-refractivity contribution in [1.29, 1.82) is 0 Å². The van der Waals surface area contributed by atoms with E-state index >= 15 is 0 Å². The molecule has 0 N–H and O–H groups in total. The van der Waals surface area contributed by atoms with E-state index in [1.165, 1.54) is 96.8 Å². The molecule has 0 amide bonds. The molecule has 0 radical (unpaired) electrons. The number of hydrogen-bond acceptors (Lipinski definition) is 11. The second kappa shape index (κ2) is 25.1. The molecule has 7 fully saturated rings. The van der Waals surface area contributed by atoms with E-state index in [1.54, 1.807) is 5.57 Å². The van der Waals surface area contributed by atoms with E-state index in [0.717, 1.165) is 68.5 Å². The van der Waals surface area contributed by atoms with E-state index < -0.39 is 6.16 Å². The second-order valence-electron chi connectivity index (χ2n) is 22.1. The Hall–Kier alpha value is -2.66. The summed E-state index contributed by atoms with van der Waals surface area (Å²) in [4.78, 5) is 52.7. The monoisotopic (exact) mass is 910 g/mol. The Kier molecular flexibility index (Phi) is 19.4. The van der Waals surface area contributed by atoms with Gasteiger partial charge >= 0.3 is 24.1 Å². The van der Waals surface area contributed by atoms with Crippen LogP contribution in [0.5, 0.6) is 0 Å². The molecule has 11 heteroatoms. The fourth-order valence-electron chi connectivity index (χ4n) is 13.5. The molecule has 11 nitrogen and oxygen atoms in total. The van der Waals surface area contributed by atoms with Gasteiger partial charge in [-0.1, -0.05) is 25.5 Å². The average Bonchev–Trinajstić information content (AvgIpc) is 3.32. The van der Waals surface area contributed by atoms with Crippen molar-refractivity contribution in [2.24, 2.45) is 41.4 Å². The van der Waals surface area contributed by atoms with Gasteiger partial charge in [0.1, 0.15) is 31.5 Å². The van der Waals surface area contributed by atoms with Crippen molar-refractivity contribution in [3.63, 3.8) is 0 Å². The summed E-state index contributed by atoms with van der Waals surface area (Å²) in [6, 6.07) is 2.35. The van der Waals surface area contributed by atoms with Crippen LogP contribution in [0.1, 0.15) is 201 Å². The summed E-state index contributed by atoms with van der Waals surface area (Å²) >= 11 is 0. The van der Waals surface area contributed by atoms with E-state index in [2.05, 4.69) is 24.8 Å². The summed E-state index contributed by atoms with van der Waals surface area (Å²) in [7, 11) is 1.87. The fraction of sp³-hybridized carbons (Fsp3) is 0.889. The maximum Gasteiger partial charge on any atom is 0.508 e. The van der Waals surface area contributed by atoms with Crippen LogP contribution in [0, 0.1) is 41.4 Å². The quantitative estimate of drug-likeness (QED) is 0.0674. The summed E-state index contributed by atoms with van der Waals surface area (Å²) in [6.45, 7) is 6.36. The number of nitrogens with zero attached hydrogens (tertiary/aromatic N) is 1. The molecule has 7 rings (SSSR count). The number of allylic oxidation sites excluding steroid dienone is 2. The zero-order valence-electron chi connectivity index (χ0n) is 40.9. The summed E-state index contributed by atoms with van der Waals surface area (Å²) < 4.78 is 33.7. The number of ether oxygens (including phenoxy) is 6. The van der Waals surface area contributed by atoms with Crippen LogP contribution in [0.25, 0.3) is 0 Å². The van der Waals surface area contributed by atoms with E-state index in [1.807, 2.05) is 7.11 Å². The number of hydrogen-bond donors (Lipinski definition) is 0. The lowest BCUT2D eigenvalue weighted by molar-refractivity contribution is -0.160. The molecule has 65 heavy (non-hydrogen) atoms. The molecular weight excluding hydrogens is 823 g/mol. The van der Waals surface area contributed by atoms with Gasteiger partial charge in [0.15, 0.2) is 0 Å². The molecule has 0 heterocycles. The Morgan fingerprint density at radius 2 is 0.800 bits per heavy atom. The first-order valence-electron chi connectivity index (χ1n) is 26.9. The number of rotatable bonds is 15. The predicted octanol–water partition coefficient (Wildman–Crippen LogP) is 11.6. The summed E-state index contributed by atoms with van der Waals surface area (Å²) in [5.74, 6) is 2.28. The van der Waals surface area contributed by atoms with Crippen molar-refractivity contribution in [3.8, 4) is 0 Å². The van der Waals surface area contributed by atoms with Crippen molar-refractivity contribution in [1.82, 2.24) is 4.90 Å². The third kappa shape index (κ3) is 14.9.